The van der Waals surface area contributed by atoms with Crippen molar-refractivity contribution in [2.45, 2.75) is 55.9 Å². The first kappa shape index (κ1) is 28.3. The minimum Gasteiger partial charge on any atom is -0.476 e. The number of alkyl halides is 1. The van der Waals surface area contributed by atoms with Crippen molar-refractivity contribution in [3.8, 4) is 17.1 Å². The fourth-order valence-electron chi connectivity index (χ4n) is 8.32. The van der Waals surface area contributed by atoms with E-state index in [1.165, 1.54) is 18.2 Å². The molecule has 1 amide bonds. The lowest BCUT2D eigenvalue weighted by molar-refractivity contribution is -0.129. The van der Waals surface area contributed by atoms with Crippen molar-refractivity contribution in [1.82, 2.24) is 19.8 Å². The van der Waals surface area contributed by atoms with Gasteiger partial charge in [0, 0.05) is 60.5 Å². The Morgan fingerprint density at radius 1 is 1.04 bits per heavy atom. The van der Waals surface area contributed by atoms with Crippen LogP contribution in [-0.2, 0) is 4.79 Å². The quantitative estimate of drug-likeness (QED) is 0.247. The Kier molecular flexibility index (Phi) is 6.74. The van der Waals surface area contributed by atoms with Crippen molar-refractivity contribution in [3.05, 3.63) is 72.8 Å². The molecule has 0 aliphatic carbocycles. The number of aromatic nitrogens is 2. The summed E-state index contributed by atoms with van der Waals surface area (Å²) in [5.74, 6) is -0.792. The smallest absolute Gasteiger partial charge is 0.246 e. The third kappa shape index (κ3) is 4.64. The monoisotopic (exact) mass is 613 g/mol. The van der Waals surface area contributed by atoms with Crippen molar-refractivity contribution in [2.75, 3.05) is 37.7 Å². The molecule has 4 saturated heterocycles. The van der Waals surface area contributed by atoms with Crippen LogP contribution in [0.1, 0.15) is 32.1 Å². The van der Waals surface area contributed by atoms with Crippen molar-refractivity contribution in [3.63, 3.8) is 0 Å². The van der Waals surface area contributed by atoms with Gasteiger partial charge in [-0.1, -0.05) is 36.9 Å². The van der Waals surface area contributed by atoms with Gasteiger partial charge in [-0.2, -0.15) is 4.98 Å². The lowest BCUT2D eigenvalue weighted by Crippen LogP contribution is -2.55. The summed E-state index contributed by atoms with van der Waals surface area (Å²) in [6.45, 7) is 6.37. The maximum Gasteiger partial charge on any atom is 0.246 e. The van der Waals surface area contributed by atoms with Gasteiger partial charge >= 0.3 is 0 Å². The molecule has 0 spiro atoms. The number of carbonyl (C=O) groups is 1. The van der Waals surface area contributed by atoms with Crippen molar-refractivity contribution in [1.29, 1.82) is 0 Å². The summed E-state index contributed by atoms with van der Waals surface area (Å²) in [6, 6.07) is 13.2. The molecule has 0 radical (unpaired) electrons. The Balaban J connectivity index is 1.23. The Labute approximate surface area is 259 Å². The minimum atomic E-state index is -0.882. The van der Waals surface area contributed by atoms with Gasteiger partial charge in [0.25, 0.3) is 0 Å². The van der Waals surface area contributed by atoms with Crippen LogP contribution in [0.5, 0.6) is 5.88 Å². The largest absolute Gasteiger partial charge is 0.476 e. The average Bonchev–Trinajstić information content (AvgIpc) is 3.65. The maximum atomic E-state index is 16.1. The number of halogens is 3. The third-order valence-corrected chi connectivity index (χ3v) is 10.3. The zero-order chi connectivity index (χ0) is 30.9. The van der Waals surface area contributed by atoms with Crippen LogP contribution in [0, 0.1) is 11.6 Å². The lowest BCUT2D eigenvalue weighted by atomic mass is 9.95. The van der Waals surface area contributed by atoms with E-state index < -0.39 is 17.8 Å². The Morgan fingerprint density at radius 2 is 1.82 bits per heavy atom. The molecule has 4 aliphatic heterocycles. The van der Waals surface area contributed by atoms with E-state index in [2.05, 4.69) is 16.4 Å². The highest BCUT2D eigenvalue weighted by Crippen LogP contribution is 2.42. The predicted octanol–water partition coefficient (Wildman–Crippen LogP) is 6.05. The number of nitrogens with zero attached hydrogens (tertiary/aromatic N) is 5. The number of pyridine rings is 2. The first-order valence-electron chi connectivity index (χ1n) is 15.7. The van der Waals surface area contributed by atoms with Crippen LogP contribution < -0.4 is 9.64 Å². The van der Waals surface area contributed by atoms with Gasteiger partial charge in [0.05, 0.1) is 11.2 Å². The Bertz CT molecular complexity index is 1830. The van der Waals surface area contributed by atoms with E-state index in [-0.39, 0.29) is 34.9 Å². The number of anilines is 1. The van der Waals surface area contributed by atoms with Crippen LogP contribution in [0.15, 0.2) is 61.2 Å². The summed E-state index contributed by atoms with van der Waals surface area (Å²) in [7, 11) is 0. The van der Waals surface area contributed by atoms with E-state index in [0.29, 0.717) is 60.3 Å². The second-order valence-electron chi connectivity index (χ2n) is 12.9. The standard InChI is InChI=1S/C35H34F3N5O2/c1-2-31(44)43-23-10-11-24(43)19-41(18-23)29-15-30(45-20-35-12-5-13-42(35)17-22(36)16-35)39-34-26(29)14-28(38)33(40-34)25-8-3-6-21-7-4-9-27(37)32(21)25/h2-4,6-9,14-15,22-24H,1,5,10-13,16-20H2/t22-,23?,24?,35+/m1/s1. The fourth-order valence-corrected chi connectivity index (χ4v) is 8.32. The second kappa shape index (κ2) is 10.7. The molecule has 4 aliphatic rings. The fraction of sp³-hybridized carbons (Fsp3) is 0.400. The maximum absolute atomic E-state index is 16.1. The van der Waals surface area contributed by atoms with Crippen LogP contribution in [0.2, 0.25) is 0 Å². The molecule has 45 heavy (non-hydrogen) atoms. The summed E-state index contributed by atoms with van der Waals surface area (Å²) in [5, 5.41) is 1.45. The third-order valence-electron chi connectivity index (χ3n) is 10.3. The first-order valence-corrected chi connectivity index (χ1v) is 15.7. The molecule has 2 bridgehead atoms. The van der Waals surface area contributed by atoms with Gasteiger partial charge in [0.2, 0.25) is 11.8 Å². The van der Waals surface area contributed by atoms with E-state index in [1.54, 1.807) is 30.3 Å². The molecule has 8 rings (SSSR count). The van der Waals surface area contributed by atoms with E-state index in [4.69, 9.17) is 14.7 Å². The van der Waals surface area contributed by atoms with Crippen LogP contribution >= 0.6 is 0 Å². The van der Waals surface area contributed by atoms with E-state index in [1.807, 2.05) is 11.0 Å². The molecule has 4 fully saturated rings. The van der Waals surface area contributed by atoms with E-state index in [0.717, 1.165) is 37.9 Å². The SMILES string of the molecule is C=CC(=O)N1C2CCC1CN(c1cc(OC[C@@]34CCCN3C[C@H](F)C4)nc3nc(-c4cccc5cccc(F)c45)c(F)cc13)C2. The van der Waals surface area contributed by atoms with E-state index in [9.17, 15) is 9.18 Å². The molecule has 2 aromatic heterocycles. The second-order valence-corrected chi connectivity index (χ2v) is 12.9. The normalized spacial score (nSPS) is 26.2. The number of ether oxygens (including phenoxy) is 1. The number of hydrogen-bond acceptors (Lipinski definition) is 6. The molecule has 4 atom stereocenters. The molecule has 2 unspecified atom stereocenters. The molecule has 7 nitrogen and oxygen atoms in total. The van der Waals surface area contributed by atoms with Crippen LogP contribution in [0.4, 0.5) is 18.9 Å². The minimum absolute atomic E-state index is 0.00323. The summed E-state index contributed by atoms with van der Waals surface area (Å²) in [4.78, 5) is 28.4. The van der Waals surface area contributed by atoms with E-state index >= 15 is 8.78 Å². The molecule has 0 N–H and O–H groups in total. The number of carbonyl (C=O) groups excluding carboxylic acids is 1. The summed E-state index contributed by atoms with van der Waals surface area (Å²) >= 11 is 0. The summed E-state index contributed by atoms with van der Waals surface area (Å²) < 4.78 is 52.0. The Morgan fingerprint density at radius 3 is 2.60 bits per heavy atom. The van der Waals surface area contributed by atoms with Gasteiger partial charge < -0.3 is 14.5 Å². The van der Waals surface area contributed by atoms with Crippen LogP contribution in [-0.4, -0.2) is 82.3 Å². The topological polar surface area (TPSA) is 61.8 Å². The highest BCUT2D eigenvalue weighted by atomic mass is 19.1. The number of rotatable bonds is 6. The van der Waals surface area contributed by atoms with Gasteiger partial charge in [-0.05, 0) is 55.8 Å². The number of fused-ring (bicyclic) bond motifs is 5. The Hall–Kier alpha value is -4.18. The molecule has 232 valence electrons. The molecule has 2 aromatic carbocycles. The molecule has 6 heterocycles. The van der Waals surface area contributed by atoms with Gasteiger partial charge in [0.1, 0.15) is 30.1 Å². The van der Waals surface area contributed by atoms with Crippen molar-refractivity contribution in [2.24, 2.45) is 0 Å². The summed E-state index contributed by atoms with van der Waals surface area (Å²) in [6.07, 6.45) is 4.51. The van der Waals surface area contributed by atoms with Crippen LogP contribution in [0.3, 0.4) is 0 Å². The first-order chi connectivity index (χ1) is 21.8. The number of piperazine rings is 1. The number of amides is 1. The average molecular weight is 614 g/mol. The van der Waals surface area contributed by atoms with Gasteiger partial charge in [0.15, 0.2) is 5.65 Å². The molecule has 10 heteroatoms. The van der Waals surface area contributed by atoms with Gasteiger partial charge in [-0.3, -0.25) is 9.69 Å². The van der Waals surface area contributed by atoms with Crippen molar-refractivity contribution >= 4 is 33.4 Å². The summed E-state index contributed by atoms with van der Waals surface area (Å²) in [5.41, 5.74) is 0.977. The molecular weight excluding hydrogens is 579 g/mol. The predicted molar refractivity (Wildman–Crippen MR) is 167 cm³/mol. The van der Waals surface area contributed by atoms with Gasteiger partial charge in [-0.25, -0.2) is 18.2 Å². The molecular formula is C35H34F3N5O2. The zero-order valence-electron chi connectivity index (χ0n) is 24.9. The number of hydrogen-bond donors (Lipinski definition) is 0. The van der Waals surface area contributed by atoms with Crippen LogP contribution in [0.25, 0.3) is 33.1 Å². The zero-order valence-corrected chi connectivity index (χ0v) is 24.9. The van der Waals surface area contributed by atoms with Gasteiger partial charge in [-0.15, -0.1) is 0 Å². The molecule has 4 aromatic rings. The number of benzene rings is 2. The lowest BCUT2D eigenvalue weighted by Gasteiger charge is -2.42. The highest BCUT2D eigenvalue weighted by Gasteiger charge is 2.49. The molecule has 0 saturated carbocycles. The van der Waals surface area contributed by atoms with Crippen molar-refractivity contribution < 1.29 is 22.7 Å². The highest BCUT2D eigenvalue weighted by molar-refractivity contribution is 5.99.